The van der Waals surface area contributed by atoms with Crippen LogP contribution in [0.5, 0.6) is 0 Å². The quantitative estimate of drug-likeness (QED) is 0.620. The van der Waals surface area contributed by atoms with Crippen molar-refractivity contribution in [2.24, 2.45) is 18.0 Å². The van der Waals surface area contributed by atoms with E-state index in [0.717, 1.165) is 28.6 Å². The highest BCUT2D eigenvalue weighted by molar-refractivity contribution is 7.89. The summed E-state index contributed by atoms with van der Waals surface area (Å²) in [5.74, 6) is -0.0239. The lowest BCUT2D eigenvalue weighted by Crippen LogP contribution is -2.39. The first-order valence-electron chi connectivity index (χ1n) is 10.0. The largest absolute Gasteiger partial charge is 0.319 e. The minimum absolute atomic E-state index is 0.219. The van der Waals surface area contributed by atoms with Crippen molar-refractivity contribution in [3.8, 4) is 0 Å². The van der Waals surface area contributed by atoms with Gasteiger partial charge in [0.05, 0.1) is 15.1 Å². The van der Waals surface area contributed by atoms with Gasteiger partial charge in [-0.05, 0) is 61.6 Å². The number of amides is 1. The van der Waals surface area contributed by atoms with Gasteiger partial charge in [-0.2, -0.15) is 9.30 Å². The zero-order chi connectivity index (χ0) is 21.5. The molecule has 0 bridgehead atoms. The molecule has 0 N–H and O–H groups in total. The van der Waals surface area contributed by atoms with E-state index in [4.69, 9.17) is 0 Å². The molecule has 1 amide bonds. The maximum Gasteiger partial charge on any atom is 0.279 e. The van der Waals surface area contributed by atoms with Crippen molar-refractivity contribution in [3.63, 3.8) is 0 Å². The molecular formula is C22H25N3O3S2. The fraction of sp³-hybridized carbons (Fsp3) is 0.364. The van der Waals surface area contributed by atoms with Gasteiger partial charge < -0.3 is 4.57 Å². The summed E-state index contributed by atoms with van der Waals surface area (Å²) in [6.45, 7) is 5.19. The molecule has 0 aliphatic carbocycles. The number of benzene rings is 2. The first-order valence-corrected chi connectivity index (χ1v) is 12.3. The number of thiazole rings is 1. The molecule has 1 fully saturated rings. The second-order valence-corrected chi connectivity index (χ2v) is 10.9. The second-order valence-electron chi connectivity index (χ2n) is 7.92. The van der Waals surface area contributed by atoms with Crippen LogP contribution in [-0.4, -0.2) is 36.3 Å². The average molecular weight is 444 g/mol. The van der Waals surface area contributed by atoms with Crippen molar-refractivity contribution < 1.29 is 13.2 Å². The Hall–Kier alpha value is -2.29. The minimum Gasteiger partial charge on any atom is -0.319 e. The highest BCUT2D eigenvalue weighted by Crippen LogP contribution is 2.24. The molecule has 0 radical (unpaired) electrons. The molecule has 1 saturated heterocycles. The number of piperidine rings is 1. The second kappa shape index (κ2) is 8.09. The van der Waals surface area contributed by atoms with E-state index in [1.54, 1.807) is 16.4 Å². The Morgan fingerprint density at radius 2 is 1.90 bits per heavy atom. The number of rotatable bonds is 3. The molecule has 8 heteroatoms. The topological polar surface area (TPSA) is 71.7 Å². The van der Waals surface area contributed by atoms with Crippen LogP contribution in [0.25, 0.3) is 10.2 Å². The number of aromatic nitrogens is 1. The molecule has 4 rings (SSSR count). The summed E-state index contributed by atoms with van der Waals surface area (Å²) in [7, 11) is -1.64. The molecule has 158 valence electrons. The molecular weight excluding hydrogens is 418 g/mol. The average Bonchev–Trinajstić information content (AvgIpc) is 3.04. The predicted molar refractivity (Wildman–Crippen MR) is 119 cm³/mol. The molecule has 3 aromatic rings. The molecule has 2 heterocycles. The lowest BCUT2D eigenvalue weighted by molar-refractivity contribution is 0.0998. The summed E-state index contributed by atoms with van der Waals surface area (Å²) in [6.07, 6.45) is 1.93. The van der Waals surface area contributed by atoms with Gasteiger partial charge in [-0.3, -0.25) is 4.79 Å². The molecule has 30 heavy (non-hydrogen) atoms. The number of hydrogen-bond donors (Lipinski definition) is 0. The predicted octanol–water partition coefficient (Wildman–Crippen LogP) is 3.71. The monoisotopic (exact) mass is 443 g/mol. The van der Waals surface area contributed by atoms with E-state index >= 15 is 0 Å². The maximum atomic E-state index is 12.9. The Morgan fingerprint density at radius 3 is 2.57 bits per heavy atom. The molecule has 0 unspecified atom stereocenters. The highest BCUT2D eigenvalue weighted by Gasteiger charge is 2.28. The summed E-state index contributed by atoms with van der Waals surface area (Å²) >= 11 is 1.46. The van der Waals surface area contributed by atoms with Crippen molar-refractivity contribution in [1.82, 2.24) is 8.87 Å². The summed E-state index contributed by atoms with van der Waals surface area (Å²) in [6, 6.07) is 12.1. The third-order valence-electron chi connectivity index (χ3n) is 5.58. The van der Waals surface area contributed by atoms with Gasteiger partial charge in [0, 0.05) is 25.7 Å². The third kappa shape index (κ3) is 3.87. The van der Waals surface area contributed by atoms with Crippen LogP contribution in [0.15, 0.2) is 52.4 Å². The highest BCUT2D eigenvalue weighted by atomic mass is 32.2. The fourth-order valence-corrected chi connectivity index (χ4v) is 6.63. The molecule has 1 aliphatic rings. The molecule has 6 nitrogen and oxygen atoms in total. The van der Waals surface area contributed by atoms with Crippen LogP contribution in [0, 0.1) is 12.8 Å². The van der Waals surface area contributed by atoms with Gasteiger partial charge in [0.1, 0.15) is 0 Å². The summed E-state index contributed by atoms with van der Waals surface area (Å²) < 4.78 is 30.3. The number of carbonyl (C=O) groups is 1. The Morgan fingerprint density at radius 1 is 1.17 bits per heavy atom. The van der Waals surface area contributed by atoms with E-state index in [9.17, 15) is 13.2 Å². The lowest BCUT2D eigenvalue weighted by Gasteiger charge is -2.30. The van der Waals surface area contributed by atoms with Crippen molar-refractivity contribution in [2.75, 3.05) is 13.1 Å². The van der Waals surface area contributed by atoms with Gasteiger partial charge in [0.15, 0.2) is 4.80 Å². The lowest BCUT2D eigenvalue weighted by atomic mass is 10.0. The standard InChI is InChI=1S/C22H25N3O3S2/c1-15-6-5-13-25(14-15)30(27,28)18-11-9-17(10-12-18)21(26)23-22-24(3)20-16(2)7-4-8-19(20)29-22/h4,7-12,15H,5-6,13-14H2,1-3H3/t15-/m1/s1. The maximum absolute atomic E-state index is 12.9. The number of hydrogen-bond acceptors (Lipinski definition) is 4. The van der Waals surface area contributed by atoms with Crippen LogP contribution in [0.3, 0.4) is 0 Å². The van der Waals surface area contributed by atoms with Crippen LogP contribution >= 0.6 is 11.3 Å². The smallest absolute Gasteiger partial charge is 0.279 e. The normalized spacial score (nSPS) is 18.8. The SMILES string of the molecule is Cc1cccc2sc(=NC(=O)c3ccc(S(=O)(=O)N4CCC[C@@H](C)C4)cc3)n(C)c12. The van der Waals surface area contributed by atoms with Crippen LogP contribution < -0.4 is 4.80 Å². The summed E-state index contributed by atoms with van der Waals surface area (Å²) in [5, 5.41) is 0. The third-order valence-corrected chi connectivity index (χ3v) is 8.56. The van der Waals surface area contributed by atoms with Gasteiger partial charge >= 0.3 is 0 Å². The Labute approximate surface area is 180 Å². The molecule has 0 spiro atoms. The van der Waals surface area contributed by atoms with Crippen molar-refractivity contribution in [2.45, 2.75) is 31.6 Å². The van der Waals surface area contributed by atoms with E-state index in [1.165, 1.54) is 23.5 Å². The fourth-order valence-electron chi connectivity index (χ4n) is 3.94. The summed E-state index contributed by atoms with van der Waals surface area (Å²) in [4.78, 5) is 17.8. The number of para-hydroxylation sites is 1. The summed E-state index contributed by atoms with van der Waals surface area (Å²) in [5.41, 5.74) is 2.56. The van der Waals surface area contributed by atoms with Gasteiger partial charge in [-0.25, -0.2) is 8.42 Å². The van der Waals surface area contributed by atoms with E-state index in [-0.39, 0.29) is 10.8 Å². The molecule has 1 aromatic heterocycles. The number of sulfonamides is 1. The first-order chi connectivity index (χ1) is 14.3. The molecule has 1 atom stereocenters. The van der Waals surface area contributed by atoms with Crippen LogP contribution in [0.2, 0.25) is 0 Å². The van der Waals surface area contributed by atoms with Crippen molar-refractivity contribution in [1.29, 1.82) is 0 Å². The van der Waals surface area contributed by atoms with E-state index in [2.05, 4.69) is 11.9 Å². The van der Waals surface area contributed by atoms with Gasteiger partial charge in [-0.1, -0.05) is 30.4 Å². The van der Waals surface area contributed by atoms with E-state index in [1.807, 2.05) is 36.7 Å². The number of carbonyl (C=O) groups excluding carboxylic acids is 1. The van der Waals surface area contributed by atoms with E-state index in [0.29, 0.717) is 29.4 Å². The van der Waals surface area contributed by atoms with Gasteiger partial charge in [0.2, 0.25) is 10.0 Å². The molecule has 1 aliphatic heterocycles. The van der Waals surface area contributed by atoms with Crippen molar-refractivity contribution in [3.05, 3.63) is 58.4 Å². The van der Waals surface area contributed by atoms with Crippen LogP contribution in [0.4, 0.5) is 0 Å². The van der Waals surface area contributed by atoms with Gasteiger partial charge in [-0.15, -0.1) is 0 Å². The molecule has 0 saturated carbocycles. The first kappa shape index (κ1) is 21.0. The Kier molecular flexibility index (Phi) is 5.65. The zero-order valence-corrected chi connectivity index (χ0v) is 19.0. The van der Waals surface area contributed by atoms with E-state index < -0.39 is 10.0 Å². The van der Waals surface area contributed by atoms with Crippen LogP contribution in [0.1, 0.15) is 35.7 Å². The van der Waals surface area contributed by atoms with Gasteiger partial charge in [0.25, 0.3) is 5.91 Å². The Bertz CT molecular complexity index is 1270. The number of nitrogens with zero attached hydrogens (tertiary/aromatic N) is 3. The van der Waals surface area contributed by atoms with Crippen LogP contribution in [-0.2, 0) is 17.1 Å². The minimum atomic E-state index is -3.54. The number of fused-ring (bicyclic) bond motifs is 1. The molecule has 2 aromatic carbocycles. The number of aryl methyl sites for hydroxylation is 2. The van der Waals surface area contributed by atoms with Crippen molar-refractivity contribution >= 4 is 37.5 Å². The Balaban J connectivity index is 1.62. The zero-order valence-electron chi connectivity index (χ0n) is 17.3.